The molecule has 0 bridgehead atoms. The second-order valence-electron chi connectivity index (χ2n) is 6.36. The van der Waals surface area contributed by atoms with Crippen LogP contribution in [-0.2, 0) is 11.2 Å². The number of carbonyl (C=O) groups excluding carboxylic acids is 1. The highest BCUT2D eigenvalue weighted by atomic mass is 16.5. The summed E-state index contributed by atoms with van der Waals surface area (Å²) in [5.41, 5.74) is 1.51. The van der Waals surface area contributed by atoms with E-state index in [9.17, 15) is 9.82 Å². The SMILES string of the molecule is CCC(=O)N[C@H]1Cc2cccc(C(=N)NCCN(CC)CC)c2OB1O. The van der Waals surface area contributed by atoms with Gasteiger partial charge in [0.2, 0.25) is 5.91 Å². The molecule has 0 saturated carbocycles. The van der Waals surface area contributed by atoms with E-state index in [0.29, 0.717) is 30.7 Å². The highest BCUT2D eigenvalue weighted by Crippen LogP contribution is 2.30. The van der Waals surface area contributed by atoms with Gasteiger partial charge in [0.1, 0.15) is 11.6 Å². The fraction of sp³-hybridized carbons (Fsp3) is 0.556. The zero-order chi connectivity index (χ0) is 19.1. The van der Waals surface area contributed by atoms with E-state index < -0.39 is 13.1 Å². The maximum absolute atomic E-state index is 11.6. The van der Waals surface area contributed by atoms with E-state index in [4.69, 9.17) is 10.1 Å². The Bertz CT molecular complexity index is 637. The molecule has 8 heteroatoms. The number of hydrogen-bond donors (Lipinski definition) is 4. The van der Waals surface area contributed by atoms with Gasteiger partial charge in [0, 0.05) is 19.5 Å². The van der Waals surface area contributed by atoms with Crippen LogP contribution in [0.15, 0.2) is 18.2 Å². The number of rotatable bonds is 8. The molecule has 0 radical (unpaired) electrons. The maximum Gasteiger partial charge on any atom is 0.547 e. The van der Waals surface area contributed by atoms with Gasteiger partial charge in [0.25, 0.3) is 0 Å². The van der Waals surface area contributed by atoms with Gasteiger partial charge < -0.3 is 25.2 Å². The van der Waals surface area contributed by atoms with Gasteiger partial charge >= 0.3 is 7.12 Å². The number of carbonyl (C=O) groups is 1. The molecule has 1 aromatic rings. The van der Waals surface area contributed by atoms with Crippen LogP contribution in [-0.4, -0.2) is 60.9 Å². The maximum atomic E-state index is 11.6. The van der Waals surface area contributed by atoms with E-state index in [1.54, 1.807) is 6.92 Å². The minimum absolute atomic E-state index is 0.122. The van der Waals surface area contributed by atoms with Gasteiger partial charge in [-0.25, -0.2) is 0 Å². The summed E-state index contributed by atoms with van der Waals surface area (Å²) in [6, 6.07) is 5.58. The van der Waals surface area contributed by atoms with Crippen molar-refractivity contribution in [2.24, 2.45) is 0 Å². The lowest BCUT2D eigenvalue weighted by Crippen LogP contribution is -2.53. The van der Waals surface area contributed by atoms with Crippen molar-refractivity contribution in [2.75, 3.05) is 26.2 Å². The number of benzene rings is 1. The van der Waals surface area contributed by atoms with Crippen molar-refractivity contribution in [2.45, 2.75) is 39.6 Å². The molecule has 1 atom stereocenters. The summed E-state index contributed by atoms with van der Waals surface area (Å²) in [5, 5.41) is 24.5. The molecule has 1 heterocycles. The zero-order valence-corrected chi connectivity index (χ0v) is 15.8. The lowest BCUT2D eigenvalue weighted by atomic mass is 9.72. The minimum Gasteiger partial charge on any atom is -0.534 e. The van der Waals surface area contributed by atoms with Crippen molar-refractivity contribution < 1.29 is 14.5 Å². The molecule has 0 spiro atoms. The van der Waals surface area contributed by atoms with Gasteiger partial charge in [-0.15, -0.1) is 0 Å². The first-order chi connectivity index (χ1) is 12.5. The Morgan fingerprint density at radius 3 is 2.77 bits per heavy atom. The molecule has 0 saturated heterocycles. The molecule has 7 nitrogen and oxygen atoms in total. The molecule has 0 aliphatic carbocycles. The second-order valence-corrected chi connectivity index (χ2v) is 6.36. The molecular weight excluding hydrogens is 331 g/mol. The Hall–Kier alpha value is -2.06. The number of nitrogens with zero attached hydrogens (tertiary/aromatic N) is 1. The van der Waals surface area contributed by atoms with Gasteiger partial charge in [0.05, 0.1) is 11.5 Å². The fourth-order valence-electron chi connectivity index (χ4n) is 3.03. The average molecular weight is 360 g/mol. The summed E-state index contributed by atoms with van der Waals surface area (Å²) in [6.45, 7) is 9.49. The van der Waals surface area contributed by atoms with E-state index in [2.05, 4.69) is 29.4 Å². The molecule has 1 aromatic carbocycles. The number of hydrogen-bond acceptors (Lipinski definition) is 5. The first-order valence-corrected chi connectivity index (χ1v) is 9.31. The minimum atomic E-state index is -1.12. The van der Waals surface area contributed by atoms with Gasteiger partial charge in [-0.1, -0.05) is 32.9 Å². The van der Waals surface area contributed by atoms with E-state index in [1.165, 1.54) is 0 Å². The average Bonchev–Trinajstić information content (AvgIpc) is 2.65. The van der Waals surface area contributed by atoms with Crippen LogP contribution in [0, 0.1) is 5.41 Å². The van der Waals surface area contributed by atoms with Crippen molar-refractivity contribution in [1.29, 1.82) is 5.41 Å². The topological polar surface area (TPSA) is 97.7 Å². The van der Waals surface area contributed by atoms with Gasteiger partial charge in [0.15, 0.2) is 0 Å². The number of nitrogens with one attached hydrogen (secondary N) is 3. The van der Waals surface area contributed by atoms with Crippen LogP contribution in [0.2, 0.25) is 0 Å². The smallest absolute Gasteiger partial charge is 0.534 e. The molecule has 1 amide bonds. The second kappa shape index (κ2) is 9.59. The monoisotopic (exact) mass is 360 g/mol. The third kappa shape index (κ3) is 4.99. The fourth-order valence-corrected chi connectivity index (χ4v) is 3.03. The largest absolute Gasteiger partial charge is 0.547 e. The molecule has 2 rings (SSSR count). The summed E-state index contributed by atoms with van der Waals surface area (Å²) in [5.74, 6) is 0.192. The standard InChI is InChI=1S/C18H29BN4O3/c1-4-16(24)22-15-12-13-8-7-9-14(17(13)26-19(15)25)18(20)21-10-11-23(5-2)6-3/h7-9,15,25H,4-6,10-12H2,1-3H3,(H2,20,21)(H,22,24)/t15-/m0/s1. The lowest BCUT2D eigenvalue weighted by Gasteiger charge is -2.29. The number of likely N-dealkylation sites (N-methyl/N-ethyl adjacent to an activating group) is 1. The molecule has 1 aliphatic rings. The van der Waals surface area contributed by atoms with E-state index >= 15 is 0 Å². The van der Waals surface area contributed by atoms with Gasteiger partial charge in [-0.2, -0.15) is 0 Å². The quantitative estimate of drug-likeness (QED) is 0.312. The van der Waals surface area contributed by atoms with Crippen molar-refractivity contribution >= 4 is 18.9 Å². The molecule has 142 valence electrons. The Kier molecular flexibility index (Phi) is 7.47. The summed E-state index contributed by atoms with van der Waals surface area (Å²) >= 11 is 0. The Balaban J connectivity index is 2.05. The molecular formula is C18H29BN4O3. The third-order valence-corrected chi connectivity index (χ3v) is 4.68. The first kappa shape index (κ1) is 20.3. The first-order valence-electron chi connectivity index (χ1n) is 9.31. The summed E-state index contributed by atoms with van der Waals surface area (Å²) in [4.78, 5) is 13.9. The summed E-state index contributed by atoms with van der Waals surface area (Å²) in [7, 11) is -1.12. The summed E-state index contributed by atoms with van der Waals surface area (Å²) < 4.78 is 5.66. The van der Waals surface area contributed by atoms with Crippen molar-refractivity contribution in [3.05, 3.63) is 29.3 Å². The third-order valence-electron chi connectivity index (χ3n) is 4.68. The highest BCUT2D eigenvalue weighted by Gasteiger charge is 2.37. The normalized spacial score (nSPS) is 16.0. The van der Waals surface area contributed by atoms with E-state index in [-0.39, 0.29) is 11.7 Å². The van der Waals surface area contributed by atoms with Crippen LogP contribution >= 0.6 is 0 Å². The van der Waals surface area contributed by atoms with Crippen molar-refractivity contribution in [1.82, 2.24) is 15.5 Å². The van der Waals surface area contributed by atoms with Crippen molar-refractivity contribution in [3.63, 3.8) is 0 Å². The molecule has 1 aliphatic heterocycles. The molecule has 4 N–H and O–H groups in total. The predicted molar refractivity (Wildman–Crippen MR) is 104 cm³/mol. The highest BCUT2D eigenvalue weighted by molar-refractivity contribution is 6.47. The number of amides is 1. The van der Waals surface area contributed by atoms with Crippen LogP contribution in [0.5, 0.6) is 5.75 Å². The number of para-hydroxylation sites is 1. The van der Waals surface area contributed by atoms with Crippen molar-refractivity contribution in [3.8, 4) is 5.75 Å². The Labute approximate surface area is 155 Å². The lowest BCUT2D eigenvalue weighted by molar-refractivity contribution is -0.121. The number of fused-ring (bicyclic) bond motifs is 1. The van der Waals surface area contributed by atoms with E-state index in [0.717, 1.165) is 25.2 Å². The molecule has 26 heavy (non-hydrogen) atoms. The zero-order valence-electron chi connectivity index (χ0n) is 15.8. The Morgan fingerprint density at radius 2 is 2.12 bits per heavy atom. The van der Waals surface area contributed by atoms with Gasteiger partial charge in [-0.05, 0) is 31.1 Å². The van der Waals surface area contributed by atoms with Crippen LogP contribution in [0.1, 0.15) is 38.3 Å². The molecule has 0 aromatic heterocycles. The van der Waals surface area contributed by atoms with E-state index in [1.807, 2.05) is 18.2 Å². The van der Waals surface area contributed by atoms with Crippen LogP contribution < -0.4 is 15.3 Å². The molecule has 0 fully saturated rings. The Morgan fingerprint density at radius 1 is 1.38 bits per heavy atom. The predicted octanol–water partition coefficient (Wildman–Crippen LogP) is 0.793. The summed E-state index contributed by atoms with van der Waals surface area (Å²) in [6.07, 6.45) is 0.833. The van der Waals surface area contributed by atoms with Crippen LogP contribution in [0.4, 0.5) is 0 Å². The molecule has 0 unspecified atom stereocenters. The number of amidine groups is 1. The van der Waals surface area contributed by atoms with Crippen LogP contribution in [0.3, 0.4) is 0 Å². The van der Waals surface area contributed by atoms with Crippen LogP contribution in [0.25, 0.3) is 0 Å². The van der Waals surface area contributed by atoms with Gasteiger partial charge in [-0.3, -0.25) is 10.2 Å².